The van der Waals surface area contributed by atoms with Gasteiger partial charge < -0.3 is 19.9 Å². The van der Waals surface area contributed by atoms with Gasteiger partial charge in [0.15, 0.2) is 5.96 Å². The topological polar surface area (TPSA) is 70.1 Å². The normalized spacial score (nSPS) is 14.8. The van der Waals surface area contributed by atoms with Gasteiger partial charge in [-0.05, 0) is 25.0 Å². The van der Waals surface area contributed by atoms with E-state index in [1.807, 2.05) is 19.2 Å². The predicted molar refractivity (Wildman–Crippen MR) is 105 cm³/mol. The van der Waals surface area contributed by atoms with Crippen molar-refractivity contribution in [3.05, 3.63) is 30.1 Å². The van der Waals surface area contributed by atoms with Gasteiger partial charge in [-0.1, -0.05) is 6.07 Å². The van der Waals surface area contributed by atoms with Crippen LogP contribution in [-0.2, 0) is 11.2 Å². The number of hydrogen-bond donors (Lipinski definition) is 1. The predicted octanol–water partition coefficient (Wildman–Crippen LogP) is 1.59. The maximum Gasteiger partial charge on any atom is 0.409 e. The first kappa shape index (κ1) is 20.5. The first-order valence-electron chi connectivity index (χ1n) is 8.00. The molecule has 0 atom stereocenters. The Labute approximate surface area is 160 Å². The molecule has 24 heavy (non-hydrogen) atoms. The molecule has 1 N–H and O–H groups in total. The van der Waals surface area contributed by atoms with Crippen molar-refractivity contribution in [1.82, 2.24) is 20.1 Å². The number of carbonyl (C=O) groups is 1. The number of aromatic nitrogens is 1. The Kier molecular flexibility index (Phi) is 9.43. The van der Waals surface area contributed by atoms with Gasteiger partial charge in [0.1, 0.15) is 0 Å². The number of guanidine groups is 1. The number of nitrogens with one attached hydrogen (secondary N) is 1. The van der Waals surface area contributed by atoms with Crippen molar-refractivity contribution in [3.8, 4) is 0 Å². The molecule has 134 valence electrons. The van der Waals surface area contributed by atoms with E-state index < -0.39 is 0 Å². The second kappa shape index (κ2) is 11.1. The SMILES string of the molecule is CCOC(=O)N1CCN(C(=NC)NCCc2cccnc2)CC1.I. The van der Waals surface area contributed by atoms with E-state index in [1.54, 1.807) is 18.1 Å². The van der Waals surface area contributed by atoms with E-state index in [2.05, 4.69) is 26.3 Å². The minimum absolute atomic E-state index is 0. The van der Waals surface area contributed by atoms with E-state index in [1.165, 1.54) is 5.56 Å². The summed E-state index contributed by atoms with van der Waals surface area (Å²) in [6.45, 7) is 5.86. The summed E-state index contributed by atoms with van der Waals surface area (Å²) in [4.78, 5) is 24.1. The molecule has 0 saturated carbocycles. The number of pyridine rings is 1. The molecule has 7 nitrogen and oxygen atoms in total. The van der Waals surface area contributed by atoms with Crippen molar-refractivity contribution in [2.75, 3.05) is 46.4 Å². The summed E-state index contributed by atoms with van der Waals surface area (Å²) in [7, 11) is 1.78. The standard InChI is InChI=1S/C16H25N5O2.HI/c1-3-23-16(22)21-11-9-20(10-12-21)15(17-2)19-8-6-14-5-4-7-18-13-14;/h4-5,7,13H,3,6,8-12H2,1-2H3,(H,17,19);1H. The highest BCUT2D eigenvalue weighted by Crippen LogP contribution is 2.04. The van der Waals surface area contributed by atoms with Crippen LogP contribution >= 0.6 is 24.0 Å². The lowest BCUT2D eigenvalue weighted by Crippen LogP contribution is -2.54. The van der Waals surface area contributed by atoms with E-state index >= 15 is 0 Å². The fourth-order valence-electron chi connectivity index (χ4n) is 2.51. The molecule has 1 aliphatic heterocycles. The summed E-state index contributed by atoms with van der Waals surface area (Å²) in [5.74, 6) is 0.873. The number of piperazine rings is 1. The Hall–Kier alpha value is -1.58. The average molecular weight is 447 g/mol. The number of halogens is 1. The van der Waals surface area contributed by atoms with Crippen LogP contribution in [0.25, 0.3) is 0 Å². The maximum absolute atomic E-state index is 11.7. The molecule has 0 unspecified atom stereocenters. The minimum Gasteiger partial charge on any atom is -0.450 e. The third-order valence-electron chi connectivity index (χ3n) is 3.74. The maximum atomic E-state index is 11.7. The summed E-state index contributed by atoms with van der Waals surface area (Å²) in [5.41, 5.74) is 1.20. The summed E-state index contributed by atoms with van der Waals surface area (Å²) < 4.78 is 5.03. The molecular formula is C16H26IN5O2. The fraction of sp³-hybridized carbons (Fsp3) is 0.562. The van der Waals surface area contributed by atoms with Crippen LogP contribution in [0.3, 0.4) is 0 Å². The minimum atomic E-state index is -0.230. The lowest BCUT2D eigenvalue weighted by Gasteiger charge is -2.35. The Morgan fingerprint density at radius 2 is 2.04 bits per heavy atom. The number of carbonyl (C=O) groups excluding carboxylic acids is 1. The van der Waals surface area contributed by atoms with E-state index in [9.17, 15) is 4.79 Å². The van der Waals surface area contributed by atoms with Crippen molar-refractivity contribution < 1.29 is 9.53 Å². The van der Waals surface area contributed by atoms with Crippen LogP contribution in [0.5, 0.6) is 0 Å². The van der Waals surface area contributed by atoms with E-state index in [4.69, 9.17) is 4.74 Å². The third kappa shape index (κ3) is 6.14. The molecule has 1 aromatic heterocycles. The molecule has 2 heterocycles. The van der Waals surface area contributed by atoms with Gasteiger partial charge in [-0.15, -0.1) is 24.0 Å². The second-order valence-corrected chi connectivity index (χ2v) is 5.26. The van der Waals surface area contributed by atoms with Crippen LogP contribution < -0.4 is 5.32 Å². The lowest BCUT2D eigenvalue weighted by molar-refractivity contribution is 0.0915. The molecule has 8 heteroatoms. The summed E-state index contributed by atoms with van der Waals surface area (Å²) >= 11 is 0. The van der Waals surface area contributed by atoms with Gasteiger partial charge in [-0.2, -0.15) is 0 Å². The van der Waals surface area contributed by atoms with Gasteiger partial charge in [0.25, 0.3) is 0 Å². The third-order valence-corrected chi connectivity index (χ3v) is 3.74. The number of amides is 1. The lowest BCUT2D eigenvalue weighted by atomic mass is 10.2. The number of nitrogens with zero attached hydrogens (tertiary/aromatic N) is 4. The number of ether oxygens (including phenoxy) is 1. The van der Waals surface area contributed by atoms with Crippen molar-refractivity contribution >= 4 is 36.0 Å². The van der Waals surface area contributed by atoms with Crippen LogP contribution in [0.15, 0.2) is 29.5 Å². The smallest absolute Gasteiger partial charge is 0.409 e. The summed E-state index contributed by atoms with van der Waals surface area (Å²) in [6, 6.07) is 4.01. The van der Waals surface area contributed by atoms with Crippen LogP contribution in [0.1, 0.15) is 12.5 Å². The molecule has 0 radical (unpaired) electrons. The summed E-state index contributed by atoms with van der Waals surface area (Å²) in [5, 5.41) is 3.37. The van der Waals surface area contributed by atoms with Gasteiger partial charge in [-0.3, -0.25) is 9.98 Å². The molecule has 0 aromatic carbocycles. The molecule has 1 amide bonds. The quantitative estimate of drug-likeness (QED) is 0.432. The highest BCUT2D eigenvalue weighted by molar-refractivity contribution is 14.0. The summed E-state index contributed by atoms with van der Waals surface area (Å²) in [6.07, 6.45) is 4.32. The highest BCUT2D eigenvalue weighted by atomic mass is 127. The molecule has 2 rings (SSSR count). The molecule has 1 saturated heterocycles. The average Bonchev–Trinajstić information content (AvgIpc) is 2.60. The van der Waals surface area contributed by atoms with Crippen LogP contribution in [0, 0.1) is 0 Å². The monoisotopic (exact) mass is 447 g/mol. The second-order valence-electron chi connectivity index (χ2n) is 5.26. The first-order chi connectivity index (χ1) is 11.2. The van der Waals surface area contributed by atoms with Crippen molar-refractivity contribution in [1.29, 1.82) is 0 Å². The van der Waals surface area contributed by atoms with Gasteiger partial charge in [0.05, 0.1) is 6.61 Å². The van der Waals surface area contributed by atoms with Gasteiger partial charge in [0, 0.05) is 52.2 Å². The van der Waals surface area contributed by atoms with Gasteiger partial charge in [-0.25, -0.2) is 4.79 Å². The van der Waals surface area contributed by atoms with Crippen molar-refractivity contribution in [2.24, 2.45) is 4.99 Å². The number of rotatable bonds is 4. The molecule has 1 aromatic rings. The molecular weight excluding hydrogens is 421 g/mol. The van der Waals surface area contributed by atoms with Crippen LogP contribution in [0.4, 0.5) is 4.79 Å². The molecule has 0 spiro atoms. The van der Waals surface area contributed by atoms with Crippen LogP contribution in [-0.4, -0.2) is 73.2 Å². The largest absolute Gasteiger partial charge is 0.450 e. The Morgan fingerprint density at radius 1 is 1.33 bits per heavy atom. The molecule has 0 aliphatic carbocycles. The van der Waals surface area contributed by atoms with E-state index in [0.717, 1.165) is 32.0 Å². The van der Waals surface area contributed by atoms with Crippen LogP contribution in [0.2, 0.25) is 0 Å². The Bertz CT molecular complexity index is 518. The zero-order valence-electron chi connectivity index (χ0n) is 14.3. The first-order valence-corrected chi connectivity index (χ1v) is 8.00. The number of hydrogen-bond acceptors (Lipinski definition) is 4. The van der Waals surface area contributed by atoms with Crippen molar-refractivity contribution in [3.63, 3.8) is 0 Å². The van der Waals surface area contributed by atoms with Gasteiger partial charge >= 0.3 is 6.09 Å². The Balaban J connectivity index is 0.00000288. The molecule has 1 fully saturated rings. The highest BCUT2D eigenvalue weighted by Gasteiger charge is 2.23. The zero-order chi connectivity index (χ0) is 16.5. The molecule has 1 aliphatic rings. The van der Waals surface area contributed by atoms with Gasteiger partial charge in [0.2, 0.25) is 0 Å². The molecule has 0 bridgehead atoms. The van der Waals surface area contributed by atoms with E-state index in [-0.39, 0.29) is 30.1 Å². The number of aliphatic imine (C=N–C) groups is 1. The van der Waals surface area contributed by atoms with E-state index in [0.29, 0.717) is 19.7 Å². The zero-order valence-corrected chi connectivity index (χ0v) is 16.6. The fourth-order valence-corrected chi connectivity index (χ4v) is 2.51. The Morgan fingerprint density at radius 3 is 2.62 bits per heavy atom. The van der Waals surface area contributed by atoms with Crippen molar-refractivity contribution in [2.45, 2.75) is 13.3 Å².